The number of amides is 5. The fraction of sp³-hybridized carbons (Fsp3) is 0.650. The number of aliphatic carboxylic acids is 1. The van der Waals surface area contributed by atoms with Crippen LogP contribution in [0.2, 0.25) is 0 Å². The molecular formula is C20H35N9O7. The first-order valence-corrected chi connectivity index (χ1v) is 11.4. The predicted octanol–water partition coefficient (Wildman–Crippen LogP) is -4.53. The van der Waals surface area contributed by atoms with Crippen LogP contribution >= 0.6 is 0 Å². The SMILES string of the molecule is NC(=O)CCC(NC(=O)C1CCCN1)C(=O)NC(CC(N)=O)C(=O)NC(CCCN=C(N)N)C(=O)O. The minimum atomic E-state index is -1.54. The number of rotatable bonds is 16. The number of carbonyl (C=O) groups is 6. The summed E-state index contributed by atoms with van der Waals surface area (Å²) in [5.41, 5.74) is 20.8. The predicted molar refractivity (Wildman–Crippen MR) is 127 cm³/mol. The zero-order valence-electron chi connectivity index (χ0n) is 19.8. The summed E-state index contributed by atoms with van der Waals surface area (Å²) in [4.78, 5) is 76.2. The van der Waals surface area contributed by atoms with Crippen molar-refractivity contribution in [2.75, 3.05) is 13.1 Å². The summed E-state index contributed by atoms with van der Waals surface area (Å²) in [6.45, 7) is 0.758. The lowest BCUT2D eigenvalue weighted by atomic mass is 10.1. The Labute approximate surface area is 207 Å². The number of guanidine groups is 1. The topological polar surface area (TPSA) is 287 Å². The maximum Gasteiger partial charge on any atom is 0.326 e. The Balaban J connectivity index is 2.91. The highest BCUT2D eigenvalue weighted by molar-refractivity contribution is 5.96. The molecule has 0 aliphatic carbocycles. The highest BCUT2D eigenvalue weighted by atomic mass is 16.4. The van der Waals surface area contributed by atoms with E-state index >= 15 is 0 Å². The van der Waals surface area contributed by atoms with Crippen molar-refractivity contribution in [3.05, 3.63) is 0 Å². The van der Waals surface area contributed by atoms with Gasteiger partial charge < -0.3 is 49.3 Å². The number of hydrogen-bond donors (Lipinski definition) is 9. The van der Waals surface area contributed by atoms with Gasteiger partial charge in [0, 0.05) is 13.0 Å². The standard InChI is InChI=1S/C20H35N9O7/c21-14(30)6-5-11(27-16(32)10-3-1-7-25-10)17(33)29-13(9-15(22)31)18(34)28-12(19(35)36)4-2-8-26-20(23)24/h10-13,25H,1-9H2,(H2,21,30)(H2,22,31)(H,27,32)(H,28,34)(H,29,33)(H,35,36)(H4,23,24,26). The summed E-state index contributed by atoms with van der Waals surface area (Å²) in [5, 5.41) is 19.5. The molecule has 0 radical (unpaired) electrons. The summed E-state index contributed by atoms with van der Waals surface area (Å²) >= 11 is 0. The van der Waals surface area contributed by atoms with Crippen molar-refractivity contribution in [1.82, 2.24) is 21.3 Å². The quantitative estimate of drug-likeness (QED) is 0.0541. The molecule has 4 atom stereocenters. The van der Waals surface area contributed by atoms with E-state index in [9.17, 15) is 33.9 Å². The number of nitrogens with zero attached hydrogens (tertiary/aromatic N) is 1. The van der Waals surface area contributed by atoms with E-state index in [4.69, 9.17) is 22.9 Å². The Bertz CT molecular complexity index is 854. The van der Waals surface area contributed by atoms with E-state index in [0.29, 0.717) is 13.0 Å². The van der Waals surface area contributed by atoms with Crippen molar-refractivity contribution in [3.63, 3.8) is 0 Å². The van der Waals surface area contributed by atoms with Crippen LogP contribution in [0.5, 0.6) is 0 Å². The molecule has 0 aromatic heterocycles. The molecule has 0 aromatic rings. The Hall–Kier alpha value is -3.95. The van der Waals surface area contributed by atoms with Gasteiger partial charge in [-0.15, -0.1) is 0 Å². The zero-order valence-corrected chi connectivity index (χ0v) is 19.8. The number of hydrogen-bond acceptors (Lipinski definition) is 8. The number of carbonyl (C=O) groups excluding carboxylic acids is 5. The lowest BCUT2D eigenvalue weighted by Crippen LogP contribution is -2.57. The minimum absolute atomic E-state index is 0.0409. The van der Waals surface area contributed by atoms with E-state index in [1.165, 1.54) is 0 Å². The second-order valence-corrected chi connectivity index (χ2v) is 8.29. The van der Waals surface area contributed by atoms with Crippen molar-refractivity contribution in [2.24, 2.45) is 27.9 Å². The van der Waals surface area contributed by atoms with E-state index in [0.717, 1.165) is 6.42 Å². The first kappa shape index (κ1) is 30.1. The summed E-state index contributed by atoms with van der Waals surface area (Å²) in [7, 11) is 0. The van der Waals surface area contributed by atoms with Crippen LogP contribution in [0.3, 0.4) is 0 Å². The third-order valence-corrected chi connectivity index (χ3v) is 5.29. The summed E-state index contributed by atoms with van der Waals surface area (Å²) < 4.78 is 0. The Morgan fingerprint density at radius 2 is 1.53 bits per heavy atom. The van der Waals surface area contributed by atoms with Crippen LogP contribution in [0, 0.1) is 0 Å². The van der Waals surface area contributed by atoms with Gasteiger partial charge in [0.1, 0.15) is 18.1 Å². The molecule has 13 N–H and O–H groups in total. The molecule has 202 valence electrons. The van der Waals surface area contributed by atoms with Gasteiger partial charge in [-0.05, 0) is 38.6 Å². The second kappa shape index (κ2) is 15.1. The summed E-state index contributed by atoms with van der Waals surface area (Å²) in [5.74, 6) is -5.50. The van der Waals surface area contributed by atoms with Crippen LogP contribution in [0.25, 0.3) is 0 Å². The van der Waals surface area contributed by atoms with E-state index < -0.39 is 66.1 Å². The molecule has 0 saturated carbocycles. The third-order valence-electron chi connectivity index (χ3n) is 5.29. The number of carboxylic acids is 1. The average molecular weight is 514 g/mol. The van der Waals surface area contributed by atoms with Crippen molar-refractivity contribution in [1.29, 1.82) is 0 Å². The van der Waals surface area contributed by atoms with E-state index in [-0.39, 0.29) is 38.2 Å². The molecule has 1 rings (SSSR count). The molecule has 4 unspecified atom stereocenters. The van der Waals surface area contributed by atoms with Crippen molar-refractivity contribution >= 4 is 41.5 Å². The Morgan fingerprint density at radius 3 is 2.06 bits per heavy atom. The first-order valence-electron chi connectivity index (χ1n) is 11.4. The molecule has 16 nitrogen and oxygen atoms in total. The molecule has 1 saturated heterocycles. The molecule has 1 aliphatic heterocycles. The van der Waals surface area contributed by atoms with Gasteiger partial charge in [-0.2, -0.15) is 0 Å². The number of nitrogens with one attached hydrogen (secondary N) is 4. The van der Waals surface area contributed by atoms with Crippen LogP contribution in [0.4, 0.5) is 0 Å². The lowest BCUT2D eigenvalue weighted by molar-refractivity contribution is -0.142. The van der Waals surface area contributed by atoms with Gasteiger partial charge in [-0.1, -0.05) is 0 Å². The molecule has 1 aliphatic rings. The molecule has 1 fully saturated rings. The van der Waals surface area contributed by atoms with Crippen LogP contribution in [-0.4, -0.2) is 83.8 Å². The van der Waals surface area contributed by atoms with Gasteiger partial charge >= 0.3 is 5.97 Å². The van der Waals surface area contributed by atoms with Gasteiger partial charge in [0.15, 0.2) is 5.96 Å². The molecule has 0 bridgehead atoms. The van der Waals surface area contributed by atoms with Gasteiger partial charge in [0.25, 0.3) is 0 Å². The van der Waals surface area contributed by atoms with Crippen LogP contribution < -0.4 is 44.2 Å². The average Bonchev–Trinajstić information content (AvgIpc) is 3.32. The molecule has 0 spiro atoms. The molecule has 0 aromatic carbocycles. The van der Waals surface area contributed by atoms with E-state index in [1.54, 1.807) is 0 Å². The molecule has 16 heteroatoms. The molecule has 5 amide bonds. The summed E-state index contributed by atoms with van der Waals surface area (Å²) in [6.07, 6.45) is 0.473. The third kappa shape index (κ3) is 11.5. The number of aliphatic imine (C=N–C) groups is 1. The Kier molecular flexibility index (Phi) is 12.6. The molecule has 36 heavy (non-hydrogen) atoms. The normalized spacial score (nSPS) is 17.2. The number of nitrogens with two attached hydrogens (primary N) is 4. The molecular weight excluding hydrogens is 478 g/mol. The van der Waals surface area contributed by atoms with Crippen LogP contribution in [-0.2, 0) is 28.8 Å². The van der Waals surface area contributed by atoms with Gasteiger partial charge in [-0.25, -0.2) is 4.79 Å². The van der Waals surface area contributed by atoms with Crippen LogP contribution in [0.15, 0.2) is 4.99 Å². The van der Waals surface area contributed by atoms with Crippen LogP contribution in [0.1, 0.15) is 44.9 Å². The second-order valence-electron chi connectivity index (χ2n) is 8.29. The molecule has 1 heterocycles. The fourth-order valence-electron chi connectivity index (χ4n) is 3.45. The maximum absolute atomic E-state index is 12.9. The van der Waals surface area contributed by atoms with Crippen molar-refractivity contribution in [3.8, 4) is 0 Å². The van der Waals surface area contributed by atoms with Crippen molar-refractivity contribution in [2.45, 2.75) is 69.1 Å². The zero-order chi connectivity index (χ0) is 27.3. The Morgan fingerprint density at radius 1 is 0.889 bits per heavy atom. The largest absolute Gasteiger partial charge is 0.480 e. The first-order chi connectivity index (χ1) is 16.9. The monoisotopic (exact) mass is 513 g/mol. The fourth-order valence-corrected chi connectivity index (χ4v) is 3.45. The van der Waals surface area contributed by atoms with Crippen molar-refractivity contribution < 1.29 is 33.9 Å². The summed E-state index contributed by atoms with van der Waals surface area (Å²) in [6, 6.07) is -4.66. The smallest absolute Gasteiger partial charge is 0.326 e. The highest BCUT2D eigenvalue weighted by Gasteiger charge is 2.32. The number of primary amides is 2. The number of carboxylic acid groups (broad SMARTS) is 1. The maximum atomic E-state index is 12.9. The van der Waals surface area contributed by atoms with E-state index in [2.05, 4.69) is 26.3 Å². The highest BCUT2D eigenvalue weighted by Crippen LogP contribution is 2.08. The minimum Gasteiger partial charge on any atom is -0.480 e. The van der Waals surface area contributed by atoms with Gasteiger partial charge in [0.2, 0.25) is 29.5 Å². The van der Waals surface area contributed by atoms with Gasteiger partial charge in [-0.3, -0.25) is 29.0 Å². The lowest BCUT2D eigenvalue weighted by Gasteiger charge is -2.24. The van der Waals surface area contributed by atoms with Gasteiger partial charge in [0.05, 0.1) is 12.5 Å². The van der Waals surface area contributed by atoms with E-state index in [1.807, 2.05) is 0 Å².